The van der Waals surface area contributed by atoms with E-state index in [1.807, 2.05) is 0 Å². The quantitative estimate of drug-likeness (QED) is 0.666. The fraction of sp³-hybridized carbons (Fsp3) is 0.0667. The van der Waals surface area contributed by atoms with Crippen LogP contribution < -0.4 is 5.43 Å². The van der Waals surface area contributed by atoms with Crippen molar-refractivity contribution in [3.05, 3.63) is 65.2 Å². The highest BCUT2D eigenvalue weighted by Crippen LogP contribution is 2.28. The maximum absolute atomic E-state index is 12.4. The number of hydrogen-bond donors (Lipinski definition) is 2. The molecule has 2 aromatic rings. The van der Waals surface area contributed by atoms with Crippen LogP contribution in [0.5, 0.6) is 0 Å². The van der Waals surface area contributed by atoms with Crippen LogP contribution in [0.2, 0.25) is 0 Å². The van der Waals surface area contributed by atoms with Crippen LogP contribution in [0.25, 0.3) is 0 Å². The molecule has 4 nitrogen and oxygen atoms in total. The number of carboxylic acid groups (broad SMARTS) is 1. The Balaban J connectivity index is 2.09. The summed E-state index contributed by atoms with van der Waals surface area (Å²) in [6.07, 6.45) is -3.08. The second-order valence-electron chi connectivity index (χ2n) is 4.34. The van der Waals surface area contributed by atoms with Crippen LogP contribution in [-0.4, -0.2) is 17.3 Å². The molecule has 114 valence electrons. The first-order valence-corrected chi connectivity index (χ1v) is 6.16. The number of carbonyl (C=O) groups is 1. The van der Waals surface area contributed by atoms with E-state index in [1.54, 1.807) is 12.1 Å². The van der Waals surface area contributed by atoms with Crippen LogP contribution in [-0.2, 0) is 6.18 Å². The zero-order valence-corrected chi connectivity index (χ0v) is 11.1. The molecule has 0 bridgehead atoms. The van der Waals surface area contributed by atoms with Gasteiger partial charge in [-0.15, -0.1) is 0 Å². The number of halogens is 3. The summed E-state index contributed by atoms with van der Waals surface area (Å²) >= 11 is 0. The van der Waals surface area contributed by atoms with Gasteiger partial charge in [0.15, 0.2) is 0 Å². The van der Waals surface area contributed by atoms with Gasteiger partial charge in [-0.25, -0.2) is 4.79 Å². The third-order valence-corrected chi connectivity index (χ3v) is 2.79. The molecular formula is C15H11F3N2O2. The largest absolute Gasteiger partial charge is 0.478 e. The number of benzene rings is 2. The molecular weight excluding hydrogens is 297 g/mol. The molecule has 0 aliphatic heterocycles. The molecule has 0 amide bonds. The molecule has 0 saturated carbocycles. The maximum Gasteiger partial charge on any atom is 0.416 e. The van der Waals surface area contributed by atoms with Gasteiger partial charge in [0.2, 0.25) is 0 Å². The zero-order chi connectivity index (χ0) is 16.2. The van der Waals surface area contributed by atoms with E-state index in [0.29, 0.717) is 5.56 Å². The Morgan fingerprint density at radius 1 is 1.09 bits per heavy atom. The van der Waals surface area contributed by atoms with Crippen LogP contribution in [0, 0.1) is 0 Å². The molecule has 0 spiro atoms. The van der Waals surface area contributed by atoms with Gasteiger partial charge in [0.1, 0.15) is 0 Å². The lowest BCUT2D eigenvalue weighted by atomic mass is 10.1. The van der Waals surface area contributed by atoms with Gasteiger partial charge >= 0.3 is 12.1 Å². The number of alkyl halides is 3. The van der Waals surface area contributed by atoms with Gasteiger partial charge in [-0.3, -0.25) is 5.43 Å². The molecule has 0 atom stereocenters. The van der Waals surface area contributed by atoms with Gasteiger partial charge in [-0.1, -0.05) is 24.3 Å². The lowest BCUT2D eigenvalue weighted by Crippen LogP contribution is -2.04. The minimum Gasteiger partial charge on any atom is -0.478 e. The first-order chi connectivity index (χ1) is 10.4. The van der Waals surface area contributed by atoms with E-state index in [0.717, 1.165) is 12.1 Å². The zero-order valence-electron chi connectivity index (χ0n) is 11.1. The number of aromatic carboxylic acids is 1. The Labute approximate surface area is 123 Å². The van der Waals surface area contributed by atoms with Crippen LogP contribution >= 0.6 is 0 Å². The molecule has 0 fully saturated rings. The second-order valence-corrected chi connectivity index (χ2v) is 4.34. The number of nitrogens with one attached hydrogen (secondary N) is 1. The molecule has 0 radical (unpaired) electrons. The maximum atomic E-state index is 12.4. The van der Waals surface area contributed by atoms with Crippen molar-refractivity contribution in [1.29, 1.82) is 0 Å². The van der Waals surface area contributed by atoms with E-state index in [2.05, 4.69) is 10.5 Å². The highest BCUT2D eigenvalue weighted by atomic mass is 19.4. The van der Waals surface area contributed by atoms with Crippen molar-refractivity contribution in [2.75, 3.05) is 5.43 Å². The van der Waals surface area contributed by atoms with Gasteiger partial charge in [-0.2, -0.15) is 18.3 Å². The molecule has 7 heteroatoms. The van der Waals surface area contributed by atoms with Crippen molar-refractivity contribution in [3.63, 3.8) is 0 Å². The van der Waals surface area contributed by atoms with E-state index >= 15 is 0 Å². The van der Waals surface area contributed by atoms with E-state index in [-0.39, 0.29) is 11.3 Å². The number of carboxylic acids is 1. The average molecular weight is 308 g/mol. The smallest absolute Gasteiger partial charge is 0.416 e. The molecule has 0 unspecified atom stereocenters. The Kier molecular flexibility index (Phi) is 4.45. The molecule has 0 aromatic heterocycles. The Hall–Kier alpha value is -2.83. The average Bonchev–Trinajstić information content (AvgIpc) is 2.47. The van der Waals surface area contributed by atoms with Gasteiger partial charge < -0.3 is 5.11 Å². The van der Waals surface area contributed by atoms with E-state index in [1.165, 1.54) is 30.5 Å². The van der Waals surface area contributed by atoms with E-state index in [4.69, 9.17) is 5.11 Å². The highest BCUT2D eigenvalue weighted by molar-refractivity contribution is 5.94. The van der Waals surface area contributed by atoms with Crippen LogP contribution in [0.3, 0.4) is 0 Å². The predicted molar refractivity (Wildman–Crippen MR) is 76.1 cm³/mol. The minimum absolute atomic E-state index is 0.0482. The summed E-state index contributed by atoms with van der Waals surface area (Å²) in [5.74, 6) is -1.10. The third-order valence-electron chi connectivity index (χ3n) is 2.79. The lowest BCUT2D eigenvalue weighted by Gasteiger charge is -2.06. The number of hydrogen-bond acceptors (Lipinski definition) is 3. The van der Waals surface area contributed by atoms with Gasteiger partial charge in [-0.05, 0) is 29.8 Å². The second kappa shape index (κ2) is 6.30. The van der Waals surface area contributed by atoms with Crippen molar-refractivity contribution >= 4 is 17.9 Å². The van der Waals surface area contributed by atoms with Gasteiger partial charge in [0.25, 0.3) is 0 Å². The van der Waals surface area contributed by atoms with Crippen LogP contribution in [0.1, 0.15) is 21.5 Å². The van der Waals surface area contributed by atoms with E-state index < -0.39 is 17.7 Å². The first kappa shape index (κ1) is 15.6. The summed E-state index contributed by atoms with van der Waals surface area (Å²) in [6, 6.07) is 10.6. The predicted octanol–water partition coefficient (Wildman–Crippen LogP) is 3.85. The first-order valence-electron chi connectivity index (χ1n) is 6.16. The fourth-order valence-electron chi connectivity index (χ4n) is 1.70. The number of rotatable bonds is 4. The normalized spacial score (nSPS) is 11.6. The van der Waals surface area contributed by atoms with Gasteiger partial charge in [0, 0.05) is 0 Å². The van der Waals surface area contributed by atoms with Crippen molar-refractivity contribution in [3.8, 4) is 0 Å². The molecule has 0 aliphatic rings. The summed E-state index contributed by atoms with van der Waals surface area (Å²) in [6.45, 7) is 0. The molecule has 0 saturated heterocycles. The van der Waals surface area contributed by atoms with E-state index in [9.17, 15) is 18.0 Å². The van der Waals surface area contributed by atoms with Gasteiger partial charge in [0.05, 0.1) is 23.0 Å². The SMILES string of the molecule is O=C(O)c1ccccc1N/N=C/c1ccc(C(F)(F)F)cc1. The Bertz CT molecular complexity index is 695. The summed E-state index contributed by atoms with van der Waals surface area (Å²) in [5, 5.41) is 12.8. The topological polar surface area (TPSA) is 61.7 Å². The lowest BCUT2D eigenvalue weighted by molar-refractivity contribution is -0.137. The monoisotopic (exact) mass is 308 g/mol. The Morgan fingerprint density at radius 2 is 1.73 bits per heavy atom. The third kappa shape index (κ3) is 3.85. The van der Waals surface area contributed by atoms with Crippen molar-refractivity contribution in [2.24, 2.45) is 5.10 Å². The Morgan fingerprint density at radius 3 is 2.32 bits per heavy atom. The molecule has 0 heterocycles. The minimum atomic E-state index is -4.38. The van der Waals surface area contributed by atoms with Crippen molar-refractivity contribution in [1.82, 2.24) is 0 Å². The summed E-state index contributed by atoms with van der Waals surface area (Å²) in [4.78, 5) is 11.0. The standard InChI is InChI=1S/C15H11F3N2O2/c16-15(17,18)11-7-5-10(6-8-11)9-19-20-13-4-2-1-3-12(13)14(21)22/h1-9,20H,(H,21,22)/b19-9+. The molecule has 2 rings (SSSR count). The fourth-order valence-corrected chi connectivity index (χ4v) is 1.70. The number of para-hydroxylation sites is 1. The highest BCUT2D eigenvalue weighted by Gasteiger charge is 2.29. The summed E-state index contributed by atoms with van der Waals surface area (Å²) in [7, 11) is 0. The van der Waals surface area contributed by atoms with Crippen molar-refractivity contribution < 1.29 is 23.1 Å². The summed E-state index contributed by atoms with van der Waals surface area (Å²) < 4.78 is 37.2. The van der Waals surface area contributed by atoms with Crippen molar-refractivity contribution in [2.45, 2.75) is 6.18 Å². The van der Waals surface area contributed by atoms with Crippen LogP contribution in [0.4, 0.5) is 18.9 Å². The summed E-state index contributed by atoms with van der Waals surface area (Å²) in [5.41, 5.74) is 2.60. The molecule has 2 N–H and O–H groups in total. The van der Waals surface area contributed by atoms with Crippen LogP contribution in [0.15, 0.2) is 53.6 Å². The molecule has 2 aromatic carbocycles. The molecule has 0 aliphatic carbocycles. The molecule has 22 heavy (non-hydrogen) atoms. The number of anilines is 1. The number of hydrazone groups is 1. The number of nitrogens with zero attached hydrogens (tertiary/aromatic N) is 1.